The van der Waals surface area contributed by atoms with Crippen LogP contribution in [0.2, 0.25) is 0 Å². The Morgan fingerprint density at radius 1 is 1.00 bits per heavy atom. The van der Waals surface area contributed by atoms with Crippen molar-refractivity contribution in [1.29, 1.82) is 0 Å². The summed E-state index contributed by atoms with van der Waals surface area (Å²) in [4.78, 5) is -0.844. The molecule has 0 unspecified atom stereocenters. The van der Waals surface area contributed by atoms with Gasteiger partial charge in [0.2, 0.25) is 0 Å². The van der Waals surface area contributed by atoms with Crippen LogP contribution < -0.4 is 10.5 Å². The Morgan fingerprint density at radius 3 is 2.26 bits per heavy atom. The molecule has 0 saturated heterocycles. The largest absolute Gasteiger partial charge is 0.494 e. The van der Waals surface area contributed by atoms with Gasteiger partial charge >= 0.3 is 10.4 Å². The van der Waals surface area contributed by atoms with Gasteiger partial charge in [0, 0.05) is 6.07 Å². The van der Waals surface area contributed by atoms with Crippen molar-refractivity contribution in [2.24, 2.45) is 10.2 Å². The van der Waals surface area contributed by atoms with E-state index >= 15 is 0 Å². The second-order valence-electron chi connectivity index (χ2n) is 5.80. The molecule has 0 fully saturated rings. The third-order valence-corrected chi connectivity index (χ3v) is 6.67. The molecule has 0 bridgehead atoms. The van der Waals surface area contributed by atoms with E-state index in [1.165, 1.54) is 25.3 Å². The molecule has 0 amide bonds. The smallest absolute Gasteiger partial charge is 0.397 e. The molecule has 0 heterocycles. The number of nitrogens with two attached hydrogens (primary N) is 1. The highest BCUT2D eigenvalue weighted by Crippen LogP contribution is 2.35. The zero-order chi connectivity index (χ0) is 23.4. The van der Waals surface area contributed by atoms with Crippen molar-refractivity contribution in [3.8, 4) is 5.75 Å². The molecule has 0 aliphatic carbocycles. The Hall–Kier alpha value is -2.63. The molecule has 2 aromatic carbocycles. The Morgan fingerprint density at radius 2 is 1.68 bits per heavy atom. The first-order valence-electron chi connectivity index (χ1n) is 8.04. The first-order chi connectivity index (χ1) is 14.2. The van der Waals surface area contributed by atoms with E-state index in [-0.39, 0.29) is 27.7 Å². The monoisotopic (exact) mass is 495 g/mol. The van der Waals surface area contributed by atoms with Crippen molar-refractivity contribution < 1.29 is 43.3 Å². The van der Waals surface area contributed by atoms with Gasteiger partial charge in [-0.3, -0.25) is 9.11 Å². The van der Waals surface area contributed by atoms with Crippen molar-refractivity contribution in [3.05, 3.63) is 36.4 Å². The van der Waals surface area contributed by atoms with E-state index in [2.05, 4.69) is 14.4 Å². The van der Waals surface area contributed by atoms with Crippen LogP contribution >= 0.6 is 0 Å². The molecule has 16 heteroatoms. The summed E-state index contributed by atoms with van der Waals surface area (Å²) in [5, 5.41) is 7.64. The van der Waals surface area contributed by atoms with Crippen molar-refractivity contribution in [3.63, 3.8) is 0 Å². The summed E-state index contributed by atoms with van der Waals surface area (Å²) in [7, 11) is -12.1. The molecular weight excluding hydrogens is 478 g/mol. The molecule has 0 aliphatic heterocycles. The molecule has 0 aliphatic rings. The van der Waals surface area contributed by atoms with Crippen LogP contribution in [-0.2, 0) is 34.5 Å². The van der Waals surface area contributed by atoms with Crippen molar-refractivity contribution >= 4 is 47.4 Å². The number of nitrogen functional groups attached to an aromatic ring is 1. The number of rotatable bonds is 9. The second-order valence-corrected chi connectivity index (χ2v) is 10.4. The number of anilines is 1. The Balaban J connectivity index is 2.34. The summed E-state index contributed by atoms with van der Waals surface area (Å²) < 4.78 is 95.2. The lowest BCUT2D eigenvalue weighted by molar-refractivity contribution is 0.284. The molecule has 2 aromatic rings. The number of azo groups is 1. The predicted molar refractivity (Wildman–Crippen MR) is 107 cm³/mol. The highest BCUT2D eigenvalue weighted by molar-refractivity contribution is 7.91. The third-order valence-electron chi connectivity index (χ3n) is 3.62. The van der Waals surface area contributed by atoms with Gasteiger partial charge in [-0.2, -0.15) is 21.9 Å². The lowest BCUT2D eigenvalue weighted by Gasteiger charge is -2.08. The number of ether oxygens (including phenoxy) is 1. The maximum absolute atomic E-state index is 12.3. The quantitative estimate of drug-likeness (QED) is 0.258. The van der Waals surface area contributed by atoms with Gasteiger partial charge in [0.05, 0.1) is 35.7 Å². The van der Waals surface area contributed by atoms with Gasteiger partial charge < -0.3 is 10.5 Å². The predicted octanol–water partition coefficient (Wildman–Crippen LogP) is 1.53. The summed E-state index contributed by atoms with van der Waals surface area (Å²) in [5.74, 6) is -0.698. The summed E-state index contributed by atoms with van der Waals surface area (Å²) in [6, 6.07) is 7.13. The highest BCUT2D eigenvalue weighted by Gasteiger charge is 2.19. The topological polar surface area (TPSA) is 212 Å². The average Bonchev–Trinajstić information content (AvgIpc) is 2.64. The van der Waals surface area contributed by atoms with Crippen LogP contribution in [0.1, 0.15) is 0 Å². The molecule has 0 spiro atoms. The fourth-order valence-electron chi connectivity index (χ4n) is 2.25. The molecule has 0 saturated carbocycles. The molecule has 0 radical (unpaired) electrons. The molecule has 170 valence electrons. The standard InChI is InChI=1S/C15H17N3O10S3/c1-27-14-8-12(16)15(30(21,22)23)9-13(14)18-17-10-3-2-4-11(7-10)29(19,20)6-5-28-31(24,25)26/h2-4,7-9H,5-6,16H2,1H3,(H,21,22,23)(H,24,25,26). The van der Waals surface area contributed by atoms with E-state index in [1.54, 1.807) is 0 Å². The molecule has 31 heavy (non-hydrogen) atoms. The van der Waals surface area contributed by atoms with Crippen LogP contribution in [-0.4, -0.2) is 53.8 Å². The average molecular weight is 496 g/mol. The van der Waals surface area contributed by atoms with Crippen molar-refractivity contribution in [2.45, 2.75) is 9.79 Å². The van der Waals surface area contributed by atoms with E-state index in [4.69, 9.17) is 15.0 Å². The first kappa shape index (κ1) is 24.6. The minimum absolute atomic E-state index is 0.0415. The molecule has 2 rings (SSSR count). The van der Waals surface area contributed by atoms with Crippen molar-refractivity contribution in [2.75, 3.05) is 25.2 Å². The van der Waals surface area contributed by atoms with Gasteiger partial charge in [-0.25, -0.2) is 12.6 Å². The van der Waals surface area contributed by atoms with Gasteiger partial charge in [0.15, 0.2) is 9.84 Å². The zero-order valence-corrected chi connectivity index (χ0v) is 18.2. The van der Waals surface area contributed by atoms with Crippen LogP contribution in [0.4, 0.5) is 17.1 Å². The first-order valence-corrected chi connectivity index (χ1v) is 12.5. The van der Waals surface area contributed by atoms with Crippen LogP contribution in [0.25, 0.3) is 0 Å². The number of hydrogen-bond donors (Lipinski definition) is 3. The van der Waals surface area contributed by atoms with Gasteiger partial charge in [0.1, 0.15) is 16.3 Å². The highest BCUT2D eigenvalue weighted by atomic mass is 32.3. The Bertz CT molecular complexity index is 1320. The van der Waals surface area contributed by atoms with E-state index in [9.17, 15) is 29.8 Å². The number of hydrogen-bond acceptors (Lipinski definition) is 11. The SMILES string of the molecule is COc1cc(N)c(S(=O)(=O)O)cc1N=Nc1cccc(S(=O)(=O)CCOS(=O)(=O)O)c1. The fourth-order valence-corrected chi connectivity index (χ4v) is 4.39. The van der Waals surface area contributed by atoms with E-state index < -0.39 is 47.6 Å². The summed E-state index contributed by atoms with van der Waals surface area (Å²) in [6.45, 7) is -0.798. The lowest BCUT2D eigenvalue weighted by atomic mass is 10.2. The molecular formula is C15H17N3O10S3. The van der Waals surface area contributed by atoms with Gasteiger partial charge in [-0.05, 0) is 24.3 Å². The Labute approximate surface area is 178 Å². The van der Waals surface area contributed by atoms with Crippen LogP contribution in [0, 0.1) is 0 Å². The minimum atomic E-state index is -4.78. The van der Waals surface area contributed by atoms with Crippen molar-refractivity contribution in [1.82, 2.24) is 0 Å². The summed E-state index contributed by atoms with van der Waals surface area (Å²) in [6.07, 6.45) is 0. The lowest BCUT2D eigenvalue weighted by Crippen LogP contribution is -2.15. The number of sulfone groups is 1. The zero-order valence-electron chi connectivity index (χ0n) is 15.7. The van der Waals surface area contributed by atoms with Crippen LogP contribution in [0.5, 0.6) is 5.75 Å². The number of methoxy groups -OCH3 is 1. The van der Waals surface area contributed by atoms with Gasteiger partial charge in [-0.1, -0.05) is 6.07 Å². The molecule has 13 nitrogen and oxygen atoms in total. The van der Waals surface area contributed by atoms with Gasteiger partial charge in [-0.15, -0.1) is 5.11 Å². The van der Waals surface area contributed by atoms with Crippen LogP contribution in [0.3, 0.4) is 0 Å². The summed E-state index contributed by atoms with van der Waals surface area (Å²) >= 11 is 0. The minimum Gasteiger partial charge on any atom is -0.494 e. The third kappa shape index (κ3) is 6.94. The van der Waals surface area contributed by atoms with Crippen LogP contribution in [0.15, 0.2) is 56.4 Å². The second kappa shape index (κ2) is 9.25. The molecule has 4 N–H and O–H groups in total. The van der Waals surface area contributed by atoms with E-state index in [1.807, 2.05) is 0 Å². The van der Waals surface area contributed by atoms with Gasteiger partial charge in [0.25, 0.3) is 10.1 Å². The van der Waals surface area contributed by atoms with E-state index in [0.717, 1.165) is 18.2 Å². The maximum atomic E-state index is 12.3. The summed E-state index contributed by atoms with van der Waals surface area (Å²) in [5.41, 5.74) is 5.23. The maximum Gasteiger partial charge on any atom is 0.397 e. The number of benzene rings is 2. The molecule has 0 aromatic heterocycles. The molecule has 0 atom stereocenters. The fraction of sp³-hybridized carbons (Fsp3) is 0.200. The number of nitrogens with zero attached hydrogens (tertiary/aromatic N) is 2. The van der Waals surface area contributed by atoms with E-state index in [0.29, 0.717) is 0 Å². The Kier molecular flexibility index (Phi) is 7.35. The normalized spacial score (nSPS) is 12.9.